The van der Waals surface area contributed by atoms with Gasteiger partial charge in [-0.3, -0.25) is 0 Å². The van der Waals surface area contributed by atoms with Crippen LogP contribution in [0.5, 0.6) is 0 Å². The van der Waals surface area contributed by atoms with Crippen LogP contribution in [0.2, 0.25) is 0 Å². The van der Waals surface area contributed by atoms with Gasteiger partial charge in [0.25, 0.3) is 0 Å². The van der Waals surface area contributed by atoms with E-state index in [0.29, 0.717) is 5.65 Å². The fourth-order valence-corrected chi connectivity index (χ4v) is 2.66. The maximum atomic E-state index is 11.3. The van der Waals surface area contributed by atoms with E-state index in [-0.39, 0.29) is 5.69 Å². The van der Waals surface area contributed by atoms with Crippen molar-refractivity contribution in [1.82, 2.24) is 24.5 Å². The monoisotopic (exact) mass is 276 g/mol. The highest BCUT2D eigenvalue weighted by molar-refractivity contribution is 5.48. The molecule has 1 aliphatic rings. The van der Waals surface area contributed by atoms with E-state index in [4.69, 9.17) is 0 Å². The number of likely N-dealkylation sites (tertiary alicyclic amines) is 1. The topological polar surface area (TPSA) is 78.3 Å². The minimum atomic E-state index is -0.259. The third kappa shape index (κ3) is 2.82. The van der Waals surface area contributed by atoms with Gasteiger partial charge in [-0.15, -0.1) is 0 Å². The number of hydrogen-bond donors (Lipinski definition) is 2. The second-order valence-electron chi connectivity index (χ2n) is 5.49. The Labute approximate surface area is 117 Å². The summed E-state index contributed by atoms with van der Waals surface area (Å²) >= 11 is 0. The molecule has 0 bridgehead atoms. The van der Waals surface area contributed by atoms with Crippen LogP contribution in [-0.4, -0.2) is 51.2 Å². The van der Waals surface area contributed by atoms with Crippen molar-refractivity contribution >= 4 is 11.5 Å². The van der Waals surface area contributed by atoms with E-state index in [1.165, 1.54) is 36.7 Å². The summed E-state index contributed by atoms with van der Waals surface area (Å²) in [4.78, 5) is 17.9. The molecule has 0 aliphatic carbocycles. The summed E-state index contributed by atoms with van der Waals surface area (Å²) in [5.74, 6) is 1.57. The van der Waals surface area contributed by atoms with Gasteiger partial charge >= 0.3 is 5.69 Å². The highest BCUT2D eigenvalue weighted by Gasteiger charge is 2.16. The van der Waals surface area contributed by atoms with Crippen LogP contribution in [0.3, 0.4) is 0 Å². The molecule has 20 heavy (non-hydrogen) atoms. The van der Waals surface area contributed by atoms with Gasteiger partial charge in [0.1, 0.15) is 12.1 Å². The molecule has 0 radical (unpaired) electrons. The van der Waals surface area contributed by atoms with Crippen LogP contribution >= 0.6 is 0 Å². The first-order chi connectivity index (χ1) is 9.72. The van der Waals surface area contributed by atoms with Gasteiger partial charge in [0.15, 0.2) is 5.65 Å². The fraction of sp³-hybridized carbons (Fsp3) is 0.615. The molecule has 1 aliphatic heterocycles. The largest absolute Gasteiger partial charge is 0.370 e. The van der Waals surface area contributed by atoms with Gasteiger partial charge in [-0.2, -0.15) is 5.10 Å². The maximum Gasteiger partial charge on any atom is 0.348 e. The standard InChI is InChI=1S/C13H20N6O/c1-18-6-3-10(4-7-18)2-5-14-11-8-12-16-17-13(20)19(12)9-15-11/h8-10,14H,2-7H2,1H3,(H,17,20). The molecule has 0 amide bonds. The average molecular weight is 276 g/mol. The van der Waals surface area contributed by atoms with Crippen molar-refractivity contribution in [2.24, 2.45) is 5.92 Å². The van der Waals surface area contributed by atoms with Gasteiger partial charge < -0.3 is 10.2 Å². The summed E-state index contributed by atoms with van der Waals surface area (Å²) in [6, 6.07) is 1.78. The number of anilines is 1. The Bertz CT molecular complexity index is 625. The van der Waals surface area contributed by atoms with Crippen molar-refractivity contribution in [3.8, 4) is 0 Å². The van der Waals surface area contributed by atoms with Crippen LogP contribution in [0.4, 0.5) is 5.82 Å². The molecule has 2 N–H and O–H groups in total. The predicted molar refractivity (Wildman–Crippen MR) is 76.9 cm³/mol. The minimum Gasteiger partial charge on any atom is -0.370 e. The number of nitrogens with zero attached hydrogens (tertiary/aromatic N) is 4. The molecule has 0 saturated carbocycles. The molecule has 2 aromatic heterocycles. The van der Waals surface area contributed by atoms with E-state index in [1.54, 1.807) is 6.07 Å². The molecule has 7 heteroatoms. The lowest BCUT2D eigenvalue weighted by Crippen LogP contribution is -2.30. The van der Waals surface area contributed by atoms with E-state index >= 15 is 0 Å². The molecular formula is C13H20N6O. The molecule has 3 heterocycles. The van der Waals surface area contributed by atoms with Crippen molar-refractivity contribution in [3.05, 3.63) is 22.9 Å². The number of H-pyrrole nitrogens is 1. The van der Waals surface area contributed by atoms with Gasteiger partial charge in [0.05, 0.1) is 0 Å². The van der Waals surface area contributed by atoms with Crippen molar-refractivity contribution in [2.45, 2.75) is 19.3 Å². The normalized spacial score (nSPS) is 17.6. The predicted octanol–water partition coefficient (Wildman–Crippen LogP) is 0.561. The summed E-state index contributed by atoms with van der Waals surface area (Å²) in [6.45, 7) is 3.31. The molecule has 108 valence electrons. The third-order valence-corrected chi connectivity index (χ3v) is 4.01. The van der Waals surface area contributed by atoms with Crippen molar-refractivity contribution in [3.63, 3.8) is 0 Å². The average Bonchev–Trinajstić information content (AvgIpc) is 2.82. The van der Waals surface area contributed by atoms with E-state index in [2.05, 4.69) is 32.4 Å². The van der Waals surface area contributed by atoms with E-state index in [0.717, 1.165) is 24.7 Å². The van der Waals surface area contributed by atoms with Gasteiger partial charge in [-0.05, 0) is 45.3 Å². The number of aromatic nitrogens is 4. The second kappa shape index (κ2) is 5.62. The first kappa shape index (κ1) is 13.1. The zero-order valence-electron chi connectivity index (χ0n) is 11.7. The molecule has 0 atom stereocenters. The van der Waals surface area contributed by atoms with Crippen LogP contribution in [0.25, 0.3) is 5.65 Å². The molecule has 0 unspecified atom stereocenters. The number of rotatable bonds is 4. The summed E-state index contributed by atoms with van der Waals surface area (Å²) in [5, 5.41) is 9.64. The number of hydrogen-bond acceptors (Lipinski definition) is 5. The quantitative estimate of drug-likeness (QED) is 0.853. The first-order valence-corrected chi connectivity index (χ1v) is 7.07. The van der Waals surface area contributed by atoms with Gasteiger partial charge in [0, 0.05) is 12.6 Å². The summed E-state index contributed by atoms with van der Waals surface area (Å²) < 4.78 is 1.39. The smallest absolute Gasteiger partial charge is 0.348 e. The van der Waals surface area contributed by atoms with Crippen molar-refractivity contribution < 1.29 is 0 Å². The van der Waals surface area contributed by atoms with Gasteiger partial charge in [-0.25, -0.2) is 19.3 Å². The molecular weight excluding hydrogens is 256 g/mol. The second-order valence-corrected chi connectivity index (χ2v) is 5.49. The molecule has 1 saturated heterocycles. The third-order valence-electron chi connectivity index (χ3n) is 4.01. The van der Waals surface area contributed by atoms with Gasteiger partial charge in [0.2, 0.25) is 0 Å². The van der Waals surface area contributed by atoms with Crippen LogP contribution in [0.15, 0.2) is 17.2 Å². The van der Waals surface area contributed by atoms with Crippen LogP contribution < -0.4 is 11.0 Å². The number of nitrogens with one attached hydrogen (secondary N) is 2. The van der Waals surface area contributed by atoms with E-state index < -0.39 is 0 Å². The lowest BCUT2D eigenvalue weighted by Gasteiger charge is -2.28. The first-order valence-electron chi connectivity index (χ1n) is 7.07. The van der Waals surface area contributed by atoms with Crippen LogP contribution in [0, 0.1) is 5.92 Å². The fourth-order valence-electron chi connectivity index (χ4n) is 2.66. The highest BCUT2D eigenvalue weighted by Crippen LogP contribution is 2.19. The van der Waals surface area contributed by atoms with Crippen LogP contribution in [0.1, 0.15) is 19.3 Å². The minimum absolute atomic E-state index is 0.259. The molecule has 3 rings (SSSR count). The van der Waals surface area contributed by atoms with Gasteiger partial charge in [-0.1, -0.05) is 0 Å². The SMILES string of the molecule is CN1CCC(CCNc2cc3n[nH]c(=O)n3cn2)CC1. The summed E-state index contributed by atoms with van der Waals surface area (Å²) in [5.41, 5.74) is 0.331. The van der Waals surface area contributed by atoms with Crippen molar-refractivity contribution in [1.29, 1.82) is 0 Å². The van der Waals surface area contributed by atoms with Crippen LogP contribution in [-0.2, 0) is 0 Å². The van der Waals surface area contributed by atoms with E-state index in [1.807, 2.05) is 0 Å². The number of piperidine rings is 1. The zero-order chi connectivity index (χ0) is 13.9. The Morgan fingerprint density at radius 1 is 1.45 bits per heavy atom. The number of aromatic amines is 1. The summed E-state index contributed by atoms with van der Waals surface area (Å²) in [6.07, 6.45) is 5.21. The Kier molecular flexibility index (Phi) is 3.68. The molecule has 7 nitrogen and oxygen atoms in total. The Hall–Kier alpha value is -1.89. The Morgan fingerprint density at radius 2 is 2.25 bits per heavy atom. The Morgan fingerprint density at radius 3 is 3.05 bits per heavy atom. The molecule has 0 aromatic carbocycles. The van der Waals surface area contributed by atoms with Crippen molar-refractivity contribution in [2.75, 3.05) is 32.0 Å². The maximum absolute atomic E-state index is 11.3. The lowest BCUT2D eigenvalue weighted by molar-refractivity contribution is 0.215. The zero-order valence-corrected chi connectivity index (χ0v) is 11.7. The highest BCUT2D eigenvalue weighted by atomic mass is 16.1. The molecule has 0 spiro atoms. The number of fused-ring (bicyclic) bond motifs is 1. The Balaban J connectivity index is 1.53. The summed E-state index contributed by atoms with van der Waals surface area (Å²) in [7, 11) is 2.18. The molecule has 1 fully saturated rings. The van der Waals surface area contributed by atoms with E-state index in [9.17, 15) is 4.79 Å². The lowest BCUT2D eigenvalue weighted by atomic mass is 9.94. The molecule has 2 aromatic rings.